The molecule has 1 unspecified atom stereocenters. The molecule has 0 aliphatic rings. The maximum Gasteiger partial charge on any atom is 0.300 e. The van der Waals surface area contributed by atoms with Crippen molar-refractivity contribution in [2.45, 2.75) is 56.8 Å². The molecule has 2 aromatic carbocycles. The molecule has 0 amide bonds. The normalized spacial score (nSPS) is 12.6. The number of unbranched alkanes of at least 4 members (excludes halogenated alkanes) is 3. The largest absolute Gasteiger partial charge is 0.494 e. The average molecular weight is 479 g/mol. The summed E-state index contributed by atoms with van der Waals surface area (Å²) in [5.41, 5.74) is 1.25. The van der Waals surface area contributed by atoms with Gasteiger partial charge in [0.05, 0.1) is 13.2 Å². The summed E-state index contributed by atoms with van der Waals surface area (Å²) in [6.07, 6.45) is 3.45. The summed E-state index contributed by atoms with van der Waals surface area (Å²) in [6, 6.07) is 7.91. The van der Waals surface area contributed by atoms with Crippen LogP contribution in [0, 0.1) is 23.3 Å². The lowest BCUT2D eigenvalue weighted by Crippen LogP contribution is -2.12. The fraction of sp³-hybridized carbons (Fsp3) is 0.455. The monoisotopic (exact) mass is 478 g/mol. The van der Waals surface area contributed by atoms with Gasteiger partial charge in [-0.2, -0.15) is 17.2 Å². The summed E-state index contributed by atoms with van der Waals surface area (Å²) in [4.78, 5) is -2.09. The van der Waals surface area contributed by atoms with Gasteiger partial charge in [-0.1, -0.05) is 26.0 Å². The van der Waals surface area contributed by atoms with Crippen molar-refractivity contribution in [1.82, 2.24) is 0 Å². The van der Waals surface area contributed by atoms with Crippen LogP contribution in [0.15, 0.2) is 29.2 Å². The Bertz CT molecular complexity index is 981. The van der Waals surface area contributed by atoms with Crippen LogP contribution in [0.2, 0.25) is 0 Å². The first-order valence-electron chi connectivity index (χ1n) is 10.3. The van der Waals surface area contributed by atoms with E-state index in [9.17, 15) is 26.0 Å². The van der Waals surface area contributed by atoms with E-state index in [0.717, 1.165) is 25.0 Å². The first kappa shape index (κ1) is 25.9. The van der Waals surface area contributed by atoms with Gasteiger partial charge in [0.25, 0.3) is 0 Å². The lowest BCUT2D eigenvalue weighted by atomic mass is 9.99. The Morgan fingerprint density at radius 1 is 0.844 bits per heavy atom. The van der Waals surface area contributed by atoms with Crippen LogP contribution in [0.25, 0.3) is 0 Å². The van der Waals surface area contributed by atoms with Gasteiger partial charge in [0, 0.05) is 0 Å². The molecule has 32 heavy (non-hydrogen) atoms. The van der Waals surface area contributed by atoms with E-state index < -0.39 is 44.0 Å². The van der Waals surface area contributed by atoms with Gasteiger partial charge >= 0.3 is 10.1 Å². The molecule has 0 aliphatic carbocycles. The quantitative estimate of drug-likeness (QED) is 0.175. The number of rotatable bonds is 12. The molecule has 0 saturated carbocycles. The van der Waals surface area contributed by atoms with Crippen LogP contribution >= 0.6 is 0 Å². The third-order valence-electron chi connectivity index (χ3n) is 5.06. The van der Waals surface area contributed by atoms with Gasteiger partial charge in [0.2, 0.25) is 11.6 Å². The number of benzene rings is 2. The topological polar surface area (TPSA) is 72.8 Å². The summed E-state index contributed by atoms with van der Waals surface area (Å²) < 4.78 is 96.2. The zero-order chi connectivity index (χ0) is 23.9. The minimum Gasteiger partial charge on any atom is -0.494 e. The Balaban J connectivity index is 1.75. The van der Waals surface area contributed by atoms with Gasteiger partial charge in [0.1, 0.15) is 5.75 Å². The van der Waals surface area contributed by atoms with Crippen molar-refractivity contribution in [2.24, 2.45) is 0 Å². The Morgan fingerprint density at radius 3 is 1.81 bits per heavy atom. The van der Waals surface area contributed by atoms with Gasteiger partial charge < -0.3 is 9.47 Å². The maximum atomic E-state index is 13.9. The van der Waals surface area contributed by atoms with Gasteiger partial charge in [-0.25, -0.2) is 8.78 Å². The second-order valence-corrected chi connectivity index (χ2v) is 8.74. The van der Waals surface area contributed by atoms with E-state index >= 15 is 0 Å². The highest BCUT2D eigenvalue weighted by atomic mass is 32.2. The van der Waals surface area contributed by atoms with Crippen molar-refractivity contribution in [1.29, 1.82) is 0 Å². The predicted octanol–water partition coefficient (Wildman–Crippen LogP) is 6.02. The van der Waals surface area contributed by atoms with E-state index in [-0.39, 0.29) is 6.61 Å². The van der Waals surface area contributed by atoms with Crippen LogP contribution in [-0.4, -0.2) is 26.2 Å². The molecule has 0 heterocycles. The molecule has 0 saturated heterocycles. The summed E-state index contributed by atoms with van der Waals surface area (Å²) >= 11 is 0. The van der Waals surface area contributed by atoms with E-state index in [1.54, 1.807) is 0 Å². The molecule has 1 atom stereocenters. The molecule has 0 spiro atoms. The van der Waals surface area contributed by atoms with Crippen molar-refractivity contribution in [3.63, 3.8) is 0 Å². The van der Waals surface area contributed by atoms with Crippen LogP contribution < -0.4 is 9.47 Å². The Labute approximate surface area is 185 Å². The highest BCUT2D eigenvalue weighted by Gasteiger charge is 2.33. The number of hydrogen-bond donors (Lipinski definition) is 1. The van der Waals surface area contributed by atoms with Crippen molar-refractivity contribution in [3.8, 4) is 11.5 Å². The second kappa shape index (κ2) is 11.5. The number of halogens is 4. The molecular weight excluding hydrogens is 452 g/mol. The van der Waals surface area contributed by atoms with Gasteiger partial charge in [-0.3, -0.25) is 4.55 Å². The number of hydrogen-bond acceptors (Lipinski definition) is 4. The SMILES string of the molecule is CCC(C)c1ccc(OCCCCCCOc2c(F)c(F)c(S(=O)(=O)O)c(F)c2F)cc1. The van der Waals surface area contributed by atoms with Gasteiger partial charge in [-0.15, -0.1) is 0 Å². The molecule has 0 aliphatic heterocycles. The van der Waals surface area contributed by atoms with E-state index in [4.69, 9.17) is 14.0 Å². The van der Waals surface area contributed by atoms with Gasteiger partial charge in [0.15, 0.2) is 22.3 Å². The fourth-order valence-electron chi connectivity index (χ4n) is 2.99. The van der Waals surface area contributed by atoms with Crippen LogP contribution in [-0.2, 0) is 10.1 Å². The molecule has 5 nitrogen and oxygen atoms in total. The molecule has 10 heteroatoms. The van der Waals surface area contributed by atoms with Crippen molar-refractivity contribution in [2.75, 3.05) is 13.2 Å². The van der Waals surface area contributed by atoms with Crippen LogP contribution in [0.5, 0.6) is 11.5 Å². The lowest BCUT2D eigenvalue weighted by Gasteiger charge is -2.12. The standard InChI is InChI=1S/C22H26F4O5S/c1-3-14(2)15-8-10-16(11-9-15)30-12-6-4-5-7-13-31-21-17(23)19(25)22(32(27,28)29)20(26)18(21)24/h8-11,14H,3-7,12-13H2,1-2H3,(H,27,28,29). The van der Waals surface area contributed by atoms with Crippen LogP contribution in [0.3, 0.4) is 0 Å². The molecule has 1 N–H and O–H groups in total. The second-order valence-electron chi connectivity index (χ2n) is 7.38. The molecule has 0 radical (unpaired) electrons. The molecule has 0 aromatic heterocycles. The summed E-state index contributed by atoms with van der Waals surface area (Å²) in [5, 5.41) is 0. The van der Waals surface area contributed by atoms with E-state index in [1.165, 1.54) is 5.56 Å². The average Bonchev–Trinajstić information content (AvgIpc) is 2.75. The van der Waals surface area contributed by atoms with Crippen LogP contribution in [0.4, 0.5) is 17.6 Å². The van der Waals surface area contributed by atoms with Crippen molar-refractivity contribution in [3.05, 3.63) is 53.1 Å². The van der Waals surface area contributed by atoms with Gasteiger partial charge in [-0.05, 0) is 55.7 Å². The van der Waals surface area contributed by atoms with Crippen LogP contribution in [0.1, 0.15) is 57.4 Å². The first-order chi connectivity index (χ1) is 15.1. The lowest BCUT2D eigenvalue weighted by molar-refractivity contribution is 0.255. The van der Waals surface area contributed by atoms with E-state index in [1.807, 2.05) is 24.3 Å². The third-order valence-corrected chi connectivity index (χ3v) is 5.93. The molecular formula is C22H26F4O5S. The molecule has 2 rings (SSSR count). The highest BCUT2D eigenvalue weighted by molar-refractivity contribution is 7.85. The highest BCUT2D eigenvalue weighted by Crippen LogP contribution is 2.32. The Morgan fingerprint density at radius 2 is 1.34 bits per heavy atom. The third kappa shape index (κ3) is 6.59. The molecule has 0 bridgehead atoms. The zero-order valence-electron chi connectivity index (χ0n) is 17.8. The van der Waals surface area contributed by atoms with Crippen molar-refractivity contribution >= 4 is 10.1 Å². The summed E-state index contributed by atoms with van der Waals surface area (Å²) in [7, 11) is -5.49. The smallest absolute Gasteiger partial charge is 0.300 e. The Hall–Kier alpha value is -2.33. The molecule has 178 valence electrons. The maximum absolute atomic E-state index is 13.9. The summed E-state index contributed by atoms with van der Waals surface area (Å²) in [6.45, 7) is 4.53. The predicted molar refractivity (Wildman–Crippen MR) is 111 cm³/mol. The summed E-state index contributed by atoms with van der Waals surface area (Å²) in [5.74, 6) is -8.64. The molecule has 0 fully saturated rings. The Kier molecular flexibility index (Phi) is 9.33. The fourth-order valence-corrected chi connectivity index (χ4v) is 3.63. The minimum absolute atomic E-state index is 0.240. The first-order valence-corrected chi connectivity index (χ1v) is 11.7. The van der Waals surface area contributed by atoms with E-state index in [0.29, 0.717) is 25.4 Å². The van der Waals surface area contributed by atoms with E-state index in [2.05, 4.69) is 13.8 Å². The minimum atomic E-state index is -5.49. The van der Waals surface area contributed by atoms with Crippen molar-refractivity contribution < 1.29 is 40.0 Å². The zero-order valence-corrected chi connectivity index (χ0v) is 18.7. The number of ether oxygens (including phenoxy) is 2. The molecule has 2 aromatic rings.